The molecule has 0 unspecified atom stereocenters. The van der Waals surface area contributed by atoms with Crippen LogP contribution in [0.15, 0.2) is 5.11 Å². The summed E-state index contributed by atoms with van der Waals surface area (Å²) in [4.78, 5) is 25.6. The zero-order valence-corrected chi connectivity index (χ0v) is 25.2. The van der Waals surface area contributed by atoms with Crippen LogP contribution in [0.1, 0.15) is 29.7 Å². The van der Waals surface area contributed by atoms with Gasteiger partial charge >= 0.3 is 53.8 Å². The molecule has 0 aromatic carbocycles. The number of aromatic nitrogens is 4. The maximum absolute atomic E-state index is 12.6. The molecule has 0 fully saturated rings. The molecule has 2 aromatic rings. The Morgan fingerprint density at radius 3 is 1.77 bits per heavy atom. The van der Waals surface area contributed by atoms with Gasteiger partial charge in [0, 0.05) is 10.2 Å². The number of rotatable bonds is 8. The van der Waals surface area contributed by atoms with Crippen LogP contribution in [0.4, 0.5) is 26.3 Å². The SMILES string of the molecule is CCOC(=O)Cn1nc(C(F)(F)F)c(Cl)c1CBr.[N-]=[N+]=NCc1c(Cl)c(C(F)(F)F)nn1CC(=O)O.[N-]=[N+]=[N-].[Na+]. The fourth-order valence-corrected chi connectivity index (χ4v) is 3.75. The first-order valence-corrected chi connectivity index (χ1v) is 11.4. The summed E-state index contributed by atoms with van der Waals surface area (Å²) in [6, 6.07) is 0. The summed E-state index contributed by atoms with van der Waals surface area (Å²) in [5, 5.41) is 16.7. The number of aliphatic carboxylic acids is 1. The van der Waals surface area contributed by atoms with E-state index in [9.17, 15) is 35.9 Å². The molecule has 24 heteroatoms. The summed E-state index contributed by atoms with van der Waals surface area (Å²) in [7, 11) is 0. The van der Waals surface area contributed by atoms with E-state index in [1.807, 2.05) is 0 Å². The van der Waals surface area contributed by atoms with Crippen molar-refractivity contribution in [2.75, 3.05) is 6.61 Å². The van der Waals surface area contributed by atoms with Crippen molar-refractivity contribution in [3.05, 3.63) is 59.2 Å². The standard InChI is InChI=1S/C9H9BrClF3N2O2.C7H5ClF3N5O2.N3.Na/c1-2-18-6(17)4-16-5(3-10)7(11)8(15-16)9(12,13)14;8-5-3(1-13-15-12)16(2-4(17)18)14-6(5)7(9,10)11;1-3-2;/h2-4H2,1H3;1-2H2,(H,17,18);;/q;;-1;+1. The number of nitrogens with zero attached hydrogens (tertiary/aromatic N) is 10. The van der Waals surface area contributed by atoms with E-state index in [0.717, 1.165) is 4.68 Å². The minimum Gasteiger partial charge on any atom is -0.480 e. The molecule has 14 nitrogen and oxygen atoms in total. The van der Waals surface area contributed by atoms with Gasteiger partial charge in [-0.25, -0.2) is 0 Å². The number of esters is 1. The number of carbonyl (C=O) groups excluding carboxylic acids is 1. The number of hydrogen-bond donors (Lipinski definition) is 1. The summed E-state index contributed by atoms with van der Waals surface area (Å²) in [5.74, 6) is -2.07. The second-order valence-electron chi connectivity index (χ2n) is 6.34. The first kappa shape index (κ1) is 39.8. The molecule has 0 amide bonds. The van der Waals surface area contributed by atoms with Gasteiger partial charge in [-0.1, -0.05) is 44.2 Å². The summed E-state index contributed by atoms with van der Waals surface area (Å²) in [6.07, 6.45) is -9.47. The molecule has 0 aliphatic rings. The third kappa shape index (κ3) is 12.4. The number of azide groups is 1. The smallest absolute Gasteiger partial charge is 0.480 e. The average Bonchev–Trinajstić information content (AvgIpc) is 3.28. The number of alkyl halides is 7. The fraction of sp³-hybridized carbons (Fsp3) is 0.500. The Balaban J connectivity index is 0. The number of carbonyl (C=O) groups is 2. The van der Waals surface area contributed by atoms with Gasteiger partial charge in [0.1, 0.15) is 13.1 Å². The van der Waals surface area contributed by atoms with E-state index in [1.165, 1.54) is 4.91 Å². The number of ether oxygens (including phenoxy) is 1. The van der Waals surface area contributed by atoms with Gasteiger partial charge in [-0.3, -0.25) is 23.9 Å². The maximum Gasteiger partial charge on any atom is 1.00 e. The molecule has 0 atom stereocenters. The predicted octanol–water partition coefficient (Wildman–Crippen LogP) is 3.33. The number of carboxylic acid groups (broad SMARTS) is 1. The summed E-state index contributed by atoms with van der Waals surface area (Å²) in [6.45, 7) is -0.00747. The molecule has 0 aliphatic heterocycles. The molecule has 40 heavy (non-hydrogen) atoms. The first-order valence-electron chi connectivity index (χ1n) is 9.57. The number of hydrogen-bond acceptors (Lipinski definition) is 6. The van der Waals surface area contributed by atoms with Crippen LogP contribution in [0.5, 0.6) is 0 Å². The van der Waals surface area contributed by atoms with Crippen LogP contribution in [-0.4, -0.2) is 43.2 Å². The topological polar surface area (TPSA) is 207 Å². The van der Waals surface area contributed by atoms with Crippen LogP contribution in [0.25, 0.3) is 26.4 Å². The van der Waals surface area contributed by atoms with Crippen molar-refractivity contribution in [2.45, 2.75) is 44.2 Å². The molecule has 1 N–H and O–H groups in total. The molecule has 2 heterocycles. The van der Waals surface area contributed by atoms with Crippen molar-refractivity contribution in [3.8, 4) is 0 Å². The third-order valence-electron chi connectivity index (χ3n) is 3.80. The zero-order valence-electron chi connectivity index (χ0n) is 20.1. The summed E-state index contributed by atoms with van der Waals surface area (Å²) in [5.41, 5.74) is 18.8. The fourth-order valence-electron chi connectivity index (χ4n) is 2.41. The Morgan fingerprint density at radius 2 is 1.43 bits per heavy atom. The predicted molar refractivity (Wildman–Crippen MR) is 124 cm³/mol. The van der Waals surface area contributed by atoms with Crippen LogP contribution in [-0.2, 0) is 51.6 Å². The van der Waals surface area contributed by atoms with Gasteiger partial charge in [-0.05, 0) is 12.5 Å². The van der Waals surface area contributed by atoms with E-state index in [4.69, 9.17) is 44.9 Å². The van der Waals surface area contributed by atoms with E-state index < -0.39 is 65.4 Å². The van der Waals surface area contributed by atoms with Gasteiger partial charge in [0.2, 0.25) is 0 Å². The van der Waals surface area contributed by atoms with Crippen LogP contribution < -0.4 is 29.6 Å². The van der Waals surface area contributed by atoms with Crippen molar-refractivity contribution in [2.24, 2.45) is 5.11 Å². The molecular weight excluding hydrogens is 684 g/mol. The van der Waals surface area contributed by atoms with Crippen molar-refractivity contribution in [1.82, 2.24) is 19.6 Å². The Hall–Kier alpha value is -2.38. The van der Waals surface area contributed by atoms with E-state index >= 15 is 0 Å². The Labute approximate surface area is 260 Å². The molecule has 0 saturated heterocycles. The first-order chi connectivity index (χ1) is 18.0. The number of halogens is 9. The Kier molecular flexibility index (Phi) is 18.0. The summed E-state index contributed by atoms with van der Waals surface area (Å²) < 4.78 is 81.3. The normalized spacial score (nSPS) is 10.4. The third-order valence-corrected chi connectivity index (χ3v) is 5.13. The monoisotopic (exact) mass is 696 g/mol. The number of carboxylic acids is 1. The molecular formula is C16H14BrCl2F6N10NaO4. The van der Waals surface area contributed by atoms with Gasteiger partial charge in [-0.2, -0.15) is 36.5 Å². The molecule has 2 rings (SSSR count). The van der Waals surface area contributed by atoms with E-state index in [2.05, 4.69) is 40.9 Å². The average molecular weight is 698 g/mol. The Morgan fingerprint density at radius 1 is 1.00 bits per heavy atom. The van der Waals surface area contributed by atoms with Crippen molar-refractivity contribution < 1.29 is 75.3 Å². The zero-order chi connectivity index (χ0) is 30.6. The molecule has 216 valence electrons. The molecule has 0 radical (unpaired) electrons. The van der Waals surface area contributed by atoms with E-state index in [0.29, 0.717) is 4.68 Å². The largest absolute Gasteiger partial charge is 1.00 e. The van der Waals surface area contributed by atoms with Gasteiger partial charge in [0.05, 0.1) is 34.6 Å². The van der Waals surface area contributed by atoms with Gasteiger partial charge in [0.15, 0.2) is 11.4 Å². The second kappa shape index (κ2) is 18.1. The van der Waals surface area contributed by atoms with Crippen LogP contribution in [0.2, 0.25) is 10.0 Å². The van der Waals surface area contributed by atoms with Gasteiger partial charge in [0.25, 0.3) is 0 Å². The second-order valence-corrected chi connectivity index (χ2v) is 7.66. The van der Waals surface area contributed by atoms with Gasteiger partial charge in [-0.15, -0.1) is 0 Å². The van der Waals surface area contributed by atoms with Crippen LogP contribution in [0.3, 0.4) is 0 Å². The maximum atomic E-state index is 12.6. The van der Waals surface area contributed by atoms with E-state index in [1.54, 1.807) is 6.92 Å². The van der Waals surface area contributed by atoms with Crippen LogP contribution in [0, 0.1) is 0 Å². The van der Waals surface area contributed by atoms with Crippen molar-refractivity contribution in [3.63, 3.8) is 0 Å². The quantitative estimate of drug-likeness (QED) is 0.0832. The van der Waals surface area contributed by atoms with Crippen molar-refractivity contribution >= 4 is 51.1 Å². The van der Waals surface area contributed by atoms with Crippen LogP contribution >= 0.6 is 39.1 Å². The van der Waals surface area contributed by atoms with E-state index in [-0.39, 0.29) is 52.9 Å². The minimum atomic E-state index is -4.81. The Bertz CT molecular complexity index is 1240. The molecule has 2 aromatic heterocycles. The summed E-state index contributed by atoms with van der Waals surface area (Å²) >= 11 is 14.0. The molecule has 0 aliphatic carbocycles. The molecule has 0 spiro atoms. The molecule has 0 saturated carbocycles. The minimum absolute atomic E-state index is 0. The van der Waals surface area contributed by atoms with Gasteiger partial charge < -0.3 is 20.9 Å². The van der Waals surface area contributed by atoms with Crippen molar-refractivity contribution in [1.29, 1.82) is 0 Å². The molecule has 0 bridgehead atoms.